The number of nitrogens with zero attached hydrogens (tertiary/aromatic N) is 4. The van der Waals surface area contributed by atoms with Crippen molar-refractivity contribution < 1.29 is 0 Å². The molecule has 61 heavy (non-hydrogen) atoms. The summed E-state index contributed by atoms with van der Waals surface area (Å²) >= 11 is 6.75. The van der Waals surface area contributed by atoms with Crippen molar-refractivity contribution in [1.29, 1.82) is 0 Å². The molecular weight excluding hydrogens is 764 g/mol. The number of fused-ring (bicyclic) bond motifs is 8. The SMILES string of the molecule is Clc1nc(-c2ccc(-c3ccc4c5c3-c3ccccc3-n3c6ccccc6c6ccc(c-5c63)C43CCCC3)cc2)nc(-c2ccc(-c3ccccc3)cc2-c2ccccc2)n1. The molecule has 2 aromatic heterocycles. The fourth-order valence-electron chi connectivity index (χ4n) is 11.1. The Labute approximate surface area is 358 Å². The second kappa shape index (κ2) is 13.2. The molecule has 1 spiro atoms. The van der Waals surface area contributed by atoms with Crippen molar-refractivity contribution in [2.45, 2.75) is 31.1 Å². The van der Waals surface area contributed by atoms with Gasteiger partial charge >= 0.3 is 0 Å². The number of aromatic nitrogens is 4. The lowest BCUT2D eigenvalue weighted by Crippen LogP contribution is -2.20. The molecule has 2 aliphatic carbocycles. The van der Waals surface area contributed by atoms with Gasteiger partial charge in [-0.15, -0.1) is 0 Å². The predicted molar refractivity (Wildman–Crippen MR) is 250 cm³/mol. The van der Waals surface area contributed by atoms with E-state index >= 15 is 0 Å². The van der Waals surface area contributed by atoms with E-state index < -0.39 is 0 Å². The third-order valence-corrected chi connectivity index (χ3v) is 13.9. The number of para-hydroxylation sites is 2. The molecular formula is C56H37ClN4. The third-order valence-electron chi connectivity index (χ3n) is 13.7. The molecule has 1 aliphatic heterocycles. The Bertz CT molecular complexity index is 3420. The van der Waals surface area contributed by atoms with Gasteiger partial charge in [0.25, 0.3) is 0 Å². The van der Waals surface area contributed by atoms with Gasteiger partial charge in [0.2, 0.25) is 5.28 Å². The summed E-state index contributed by atoms with van der Waals surface area (Å²) in [5.74, 6) is 1.08. The molecule has 0 radical (unpaired) electrons. The second-order valence-corrected chi connectivity index (χ2v) is 17.1. The Kier molecular flexibility index (Phi) is 7.50. The van der Waals surface area contributed by atoms with E-state index in [-0.39, 0.29) is 10.7 Å². The molecule has 10 aromatic rings. The first kappa shape index (κ1) is 34.7. The average molecular weight is 801 g/mol. The molecule has 13 rings (SSSR count). The van der Waals surface area contributed by atoms with Crippen LogP contribution in [0.3, 0.4) is 0 Å². The largest absolute Gasteiger partial charge is 0.308 e. The first-order valence-corrected chi connectivity index (χ1v) is 21.6. The van der Waals surface area contributed by atoms with Crippen molar-refractivity contribution in [3.8, 4) is 84.1 Å². The zero-order valence-electron chi connectivity index (χ0n) is 33.2. The monoisotopic (exact) mass is 800 g/mol. The number of hydrogen-bond acceptors (Lipinski definition) is 3. The highest BCUT2D eigenvalue weighted by Gasteiger charge is 2.48. The van der Waals surface area contributed by atoms with Crippen molar-refractivity contribution in [3.63, 3.8) is 0 Å². The Hall–Kier alpha value is -7.14. The highest BCUT2D eigenvalue weighted by molar-refractivity contribution is 6.28. The number of benzene rings is 8. The smallest absolute Gasteiger partial charge is 0.226 e. The standard InChI is InChI=1S/C56H37ClN4/c57-55-59-53(58-54(60-55)42-26-25-38(34-13-3-1-4-14-34)33-44(42)35-15-5-2-6-16-35)37-23-21-36(22-24-37)39-27-29-45-50-49(39)43-18-8-10-20-48(43)61-47-19-9-7-17-40(47)41-28-30-46(51(50)52(41)61)56(45)31-11-12-32-56/h1-10,13-30,33H,11-12,31-32H2. The molecule has 0 saturated heterocycles. The lowest BCUT2D eigenvalue weighted by Gasteiger charge is -2.28. The Balaban J connectivity index is 0.968. The summed E-state index contributed by atoms with van der Waals surface area (Å²) in [5, 5.41) is 2.79. The molecule has 0 amide bonds. The molecule has 1 fully saturated rings. The summed E-state index contributed by atoms with van der Waals surface area (Å²) in [6.45, 7) is 0. The lowest BCUT2D eigenvalue weighted by atomic mass is 9.75. The molecule has 0 N–H and O–H groups in total. The van der Waals surface area contributed by atoms with Gasteiger partial charge in [0.05, 0.1) is 16.7 Å². The van der Waals surface area contributed by atoms with Crippen molar-refractivity contribution in [2.75, 3.05) is 0 Å². The van der Waals surface area contributed by atoms with Crippen LogP contribution in [0.2, 0.25) is 5.28 Å². The quantitative estimate of drug-likeness (QED) is 0.174. The molecule has 0 atom stereocenters. The minimum Gasteiger partial charge on any atom is -0.308 e. The van der Waals surface area contributed by atoms with Crippen LogP contribution >= 0.6 is 11.6 Å². The van der Waals surface area contributed by atoms with Crippen molar-refractivity contribution in [3.05, 3.63) is 192 Å². The van der Waals surface area contributed by atoms with Crippen LogP contribution in [-0.4, -0.2) is 19.5 Å². The van der Waals surface area contributed by atoms with Crippen LogP contribution in [0.1, 0.15) is 36.8 Å². The van der Waals surface area contributed by atoms with Crippen LogP contribution < -0.4 is 0 Å². The van der Waals surface area contributed by atoms with E-state index in [0.717, 1.165) is 38.9 Å². The molecule has 5 heteroatoms. The highest BCUT2D eigenvalue weighted by atomic mass is 35.5. The molecule has 0 unspecified atom stereocenters. The highest BCUT2D eigenvalue weighted by Crippen LogP contribution is 2.63. The van der Waals surface area contributed by atoms with Gasteiger partial charge in [-0.25, -0.2) is 4.98 Å². The van der Waals surface area contributed by atoms with E-state index in [9.17, 15) is 0 Å². The van der Waals surface area contributed by atoms with E-state index in [2.05, 4.69) is 173 Å². The first-order valence-electron chi connectivity index (χ1n) is 21.3. The summed E-state index contributed by atoms with van der Waals surface area (Å²) in [4.78, 5) is 14.5. The summed E-state index contributed by atoms with van der Waals surface area (Å²) in [6, 6.07) is 63.7. The minimum absolute atomic E-state index is 0.0431. The normalized spacial score (nSPS) is 14.2. The Morgan fingerprint density at radius 2 is 1.05 bits per heavy atom. The van der Waals surface area contributed by atoms with Gasteiger partial charge in [0, 0.05) is 38.4 Å². The molecule has 4 nitrogen and oxygen atoms in total. The second-order valence-electron chi connectivity index (χ2n) is 16.8. The van der Waals surface area contributed by atoms with Gasteiger partial charge in [0.1, 0.15) is 0 Å². The maximum absolute atomic E-state index is 6.75. The first-order chi connectivity index (χ1) is 30.1. The maximum Gasteiger partial charge on any atom is 0.226 e. The van der Waals surface area contributed by atoms with Crippen LogP contribution in [0, 0.1) is 0 Å². The van der Waals surface area contributed by atoms with Crippen LogP contribution in [-0.2, 0) is 5.41 Å². The fraction of sp³-hybridized carbons (Fsp3) is 0.0893. The van der Waals surface area contributed by atoms with E-state index in [1.807, 2.05) is 12.1 Å². The maximum atomic E-state index is 6.75. The van der Waals surface area contributed by atoms with Gasteiger partial charge in [-0.2, -0.15) is 9.97 Å². The summed E-state index contributed by atoms with van der Waals surface area (Å²) in [6.07, 6.45) is 4.89. The third kappa shape index (κ3) is 5.03. The van der Waals surface area contributed by atoms with E-state index in [1.165, 1.54) is 92.1 Å². The van der Waals surface area contributed by atoms with E-state index in [0.29, 0.717) is 11.6 Å². The zero-order valence-corrected chi connectivity index (χ0v) is 34.0. The molecule has 0 bridgehead atoms. The van der Waals surface area contributed by atoms with Gasteiger partial charge in [-0.1, -0.05) is 165 Å². The topological polar surface area (TPSA) is 43.6 Å². The number of rotatable bonds is 5. The lowest BCUT2D eigenvalue weighted by molar-refractivity contribution is 0.550. The van der Waals surface area contributed by atoms with Gasteiger partial charge in [-0.05, 0) is 104 Å². The predicted octanol–water partition coefficient (Wildman–Crippen LogP) is 14.8. The van der Waals surface area contributed by atoms with E-state index in [1.54, 1.807) is 0 Å². The summed E-state index contributed by atoms with van der Waals surface area (Å²) in [5.41, 5.74) is 20.8. The van der Waals surface area contributed by atoms with Crippen LogP contribution in [0.15, 0.2) is 176 Å². The minimum atomic E-state index is 0.0431. The molecule has 288 valence electrons. The van der Waals surface area contributed by atoms with Gasteiger partial charge in [0.15, 0.2) is 11.6 Å². The number of hydrogen-bond donors (Lipinski definition) is 0. The number of halogens is 1. The zero-order chi connectivity index (χ0) is 40.2. The summed E-state index contributed by atoms with van der Waals surface area (Å²) < 4.78 is 2.56. The van der Waals surface area contributed by atoms with Gasteiger partial charge in [-0.3, -0.25) is 0 Å². The van der Waals surface area contributed by atoms with Crippen LogP contribution in [0.25, 0.3) is 106 Å². The van der Waals surface area contributed by atoms with Crippen molar-refractivity contribution in [2.24, 2.45) is 0 Å². The molecule has 3 aliphatic rings. The fourth-order valence-corrected chi connectivity index (χ4v) is 11.2. The van der Waals surface area contributed by atoms with E-state index in [4.69, 9.17) is 21.6 Å². The Morgan fingerprint density at radius 3 is 1.87 bits per heavy atom. The average Bonchev–Trinajstić information content (AvgIpc) is 4.00. The molecule has 1 saturated carbocycles. The molecule has 3 heterocycles. The Morgan fingerprint density at radius 1 is 0.426 bits per heavy atom. The van der Waals surface area contributed by atoms with Gasteiger partial charge < -0.3 is 4.57 Å². The van der Waals surface area contributed by atoms with Crippen molar-refractivity contribution >= 4 is 33.4 Å². The van der Waals surface area contributed by atoms with Crippen LogP contribution in [0.5, 0.6) is 0 Å². The molecule has 8 aromatic carbocycles. The van der Waals surface area contributed by atoms with Crippen molar-refractivity contribution in [1.82, 2.24) is 19.5 Å². The summed E-state index contributed by atoms with van der Waals surface area (Å²) in [7, 11) is 0. The van der Waals surface area contributed by atoms with Crippen LogP contribution in [0.4, 0.5) is 0 Å².